The average Bonchev–Trinajstić information content (AvgIpc) is 3.24. The quantitative estimate of drug-likeness (QED) is 0.465. The van der Waals surface area contributed by atoms with E-state index in [4.69, 9.17) is 4.74 Å². The first kappa shape index (κ1) is 28.2. The normalized spacial score (nSPS) is 21.1. The predicted octanol–water partition coefficient (Wildman–Crippen LogP) is 2.88. The van der Waals surface area contributed by atoms with Gasteiger partial charge in [-0.25, -0.2) is 8.42 Å². The topological polar surface area (TPSA) is 104 Å². The number of carbonyl (C=O) groups excluding carboxylic acids is 3. The van der Waals surface area contributed by atoms with E-state index in [9.17, 15) is 36.0 Å². The van der Waals surface area contributed by atoms with Gasteiger partial charge < -0.3 is 9.64 Å². The smallest absolute Gasteiger partial charge is 0.489 e. The fourth-order valence-corrected chi connectivity index (χ4v) is 6.35. The van der Waals surface area contributed by atoms with Crippen molar-refractivity contribution in [3.05, 3.63) is 64.7 Å². The molecule has 2 aromatic rings. The van der Waals surface area contributed by atoms with Gasteiger partial charge in [0.15, 0.2) is 5.78 Å². The zero-order valence-corrected chi connectivity index (χ0v) is 22.3. The molecule has 2 heterocycles. The number of ketones is 2. The van der Waals surface area contributed by atoms with Crippen LogP contribution in [0.15, 0.2) is 42.5 Å². The lowest BCUT2D eigenvalue weighted by molar-refractivity contribution is -0.133. The van der Waals surface area contributed by atoms with E-state index in [2.05, 4.69) is 0 Å². The summed E-state index contributed by atoms with van der Waals surface area (Å²) >= 11 is 0. The first-order chi connectivity index (χ1) is 18.9. The van der Waals surface area contributed by atoms with Crippen LogP contribution in [-0.2, 0) is 39.3 Å². The molecule has 1 saturated heterocycles. The molecule has 0 spiro atoms. The molecular weight excluding hydrogens is 551 g/mol. The molecule has 0 bridgehead atoms. The van der Waals surface area contributed by atoms with Crippen LogP contribution in [0.4, 0.5) is 13.2 Å². The second-order valence-electron chi connectivity index (χ2n) is 10.2. The highest BCUT2D eigenvalue weighted by molar-refractivity contribution is 7.90. The number of sulfonamides is 1. The minimum atomic E-state index is -5.32. The minimum Gasteiger partial charge on any atom is -0.489 e. The Morgan fingerprint density at radius 2 is 1.65 bits per heavy atom. The first-order valence-corrected chi connectivity index (χ1v) is 14.3. The van der Waals surface area contributed by atoms with Gasteiger partial charge in [0.2, 0.25) is 0 Å². The Kier molecular flexibility index (Phi) is 7.73. The van der Waals surface area contributed by atoms with Crippen LogP contribution in [0.25, 0.3) is 0 Å². The van der Waals surface area contributed by atoms with Gasteiger partial charge in [-0.2, -0.15) is 17.5 Å². The molecular formula is C27H28F3N3O6S. The second-order valence-corrected chi connectivity index (χ2v) is 12.1. The van der Waals surface area contributed by atoms with Crippen molar-refractivity contribution < 1.29 is 40.7 Å². The fraction of sp³-hybridized carbons (Fsp3) is 0.444. The monoisotopic (exact) mass is 579 g/mol. The molecule has 13 heteroatoms. The number of hydrogen-bond acceptors (Lipinski definition) is 7. The largest absolute Gasteiger partial charge is 0.511 e. The Labute approximate surface area is 229 Å². The molecule has 2 aromatic carbocycles. The van der Waals surface area contributed by atoms with Crippen molar-refractivity contribution in [2.24, 2.45) is 0 Å². The standard InChI is InChI=1S/C27H28F3N3O6S/c28-27(29,30)40(37,38)32-11-9-31(10-12-32)15-18-3-1-4-19(13-18)17-39-25-6-2-5-21-22(25)16-33(26(21)36)23-8-7-20(34)14-24(23)35/h1-6,13,23H,7-12,14-17H2. The highest BCUT2D eigenvalue weighted by Gasteiger charge is 2.50. The highest BCUT2D eigenvalue weighted by Crippen LogP contribution is 2.35. The summed E-state index contributed by atoms with van der Waals surface area (Å²) in [5, 5.41) is 0. The Hall–Kier alpha value is -3.29. The van der Waals surface area contributed by atoms with Gasteiger partial charge in [-0.1, -0.05) is 30.3 Å². The van der Waals surface area contributed by atoms with E-state index >= 15 is 0 Å². The number of hydrogen-bond donors (Lipinski definition) is 0. The minimum absolute atomic E-state index is 0.103. The lowest BCUT2D eigenvalue weighted by Crippen LogP contribution is -2.51. The van der Waals surface area contributed by atoms with Gasteiger partial charge in [-0.3, -0.25) is 19.3 Å². The van der Waals surface area contributed by atoms with Crippen molar-refractivity contribution in [1.82, 2.24) is 14.1 Å². The van der Waals surface area contributed by atoms with E-state index < -0.39 is 21.6 Å². The maximum atomic E-state index is 13.0. The molecule has 0 radical (unpaired) electrons. The number of ether oxygens (including phenoxy) is 1. The summed E-state index contributed by atoms with van der Waals surface area (Å²) in [6.07, 6.45) is 0.457. The van der Waals surface area contributed by atoms with Gasteiger partial charge in [-0.15, -0.1) is 0 Å². The van der Waals surface area contributed by atoms with Crippen molar-refractivity contribution in [1.29, 1.82) is 0 Å². The molecule has 1 atom stereocenters. The van der Waals surface area contributed by atoms with Crippen molar-refractivity contribution in [2.75, 3.05) is 26.2 Å². The zero-order chi connectivity index (χ0) is 28.7. The molecule has 2 aliphatic heterocycles. The Bertz CT molecular complexity index is 1440. The van der Waals surface area contributed by atoms with Crippen LogP contribution in [0.2, 0.25) is 0 Å². The van der Waals surface area contributed by atoms with Crippen LogP contribution >= 0.6 is 0 Å². The summed E-state index contributed by atoms with van der Waals surface area (Å²) < 4.78 is 68.3. The number of benzene rings is 2. The lowest BCUT2D eigenvalue weighted by Gasteiger charge is -2.34. The molecule has 40 heavy (non-hydrogen) atoms. The molecule has 0 N–H and O–H groups in total. The number of halogens is 3. The van der Waals surface area contributed by atoms with Gasteiger partial charge in [-0.05, 0) is 29.7 Å². The summed E-state index contributed by atoms with van der Waals surface area (Å²) in [5.41, 5.74) is -2.39. The maximum Gasteiger partial charge on any atom is 0.511 e. The van der Waals surface area contributed by atoms with Gasteiger partial charge in [0.05, 0.1) is 19.0 Å². The summed E-state index contributed by atoms with van der Waals surface area (Å²) in [4.78, 5) is 40.5. The van der Waals surface area contributed by atoms with Crippen LogP contribution < -0.4 is 4.74 Å². The predicted molar refractivity (Wildman–Crippen MR) is 137 cm³/mol. The van der Waals surface area contributed by atoms with Crippen LogP contribution in [0, 0.1) is 0 Å². The summed E-state index contributed by atoms with van der Waals surface area (Å²) in [6, 6.07) is 12.1. The second kappa shape index (κ2) is 10.9. The van der Waals surface area contributed by atoms with Crippen molar-refractivity contribution in [3.8, 4) is 5.75 Å². The van der Waals surface area contributed by atoms with Crippen LogP contribution in [0.3, 0.4) is 0 Å². The van der Waals surface area contributed by atoms with Gasteiger partial charge >= 0.3 is 15.5 Å². The van der Waals surface area contributed by atoms with Gasteiger partial charge in [0.25, 0.3) is 5.91 Å². The van der Waals surface area contributed by atoms with Crippen LogP contribution in [0.5, 0.6) is 5.75 Å². The number of piperazine rings is 1. The van der Waals surface area contributed by atoms with Crippen molar-refractivity contribution >= 4 is 27.5 Å². The van der Waals surface area contributed by atoms with E-state index in [1.165, 1.54) is 4.90 Å². The number of nitrogens with zero attached hydrogens (tertiary/aromatic N) is 3. The fourth-order valence-electron chi connectivity index (χ4n) is 5.41. The molecule has 1 saturated carbocycles. The molecule has 2 fully saturated rings. The number of carbonyl (C=O) groups is 3. The molecule has 214 valence electrons. The van der Waals surface area contributed by atoms with Crippen molar-refractivity contribution in [2.45, 2.75) is 50.5 Å². The molecule has 1 aliphatic carbocycles. The number of amides is 1. The van der Waals surface area contributed by atoms with Crippen LogP contribution in [-0.4, -0.2) is 77.7 Å². The molecule has 3 aliphatic rings. The Morgan fingerprint density at radius 1 is 0.950 bits per heavy atom. The first-order valence-electron chi connectivity index (χ1n) is 12.9. The SMILES string of the molecule is O=C1CCC(N2Cc3c(OCc4cccc(CN5CCN(S(=O)(=O)C(F)(F)F)CC5)c4)cccc3C2=O)C(=O)C1. The van der Waals surface area contributed by atoms with E-state index in [0.717, 1.165) is 11.1 Å². The van der Waals surface area contributed by atoms with Crippen molar-refractivity contribution in [3.63, 3.8) is 0 Å². The third kappa shape index (κ3) is 5.63. The number of fused-ring (bicyclic) bond motifs is 1. The Balaban J connectivity index is 1.20. The summed E-state index contributed by atoms with van der Waals surface area (Å²) in [5.74, 6) is -0.0632. The lowest BCUT2D eigenvalue weighted by atomic mass is 9.92. The average molecular weight is 580 g/mol. The maximum absolute atomic E-state index is 13.0. The van der Waals surface area contributed by atoms with E-state index in [1.54, 1.807) is 18.2 Å². The van der Waals surface area contributed by atoms with E-state index in [1.807, 2.05) is 29.2 Å². The van der Waals surface area contributed by atoms with Gasteiger partial charge in [0, 0.05) is 50.3 Å². The number of Topliss-reactive ketones (excluding diaryl/α,β-unsaturated/α-hetero) is 2. The van der Waals surface area contributed by atoms with Gasteiger partial charge in [0.1, 0.15) is 18.1 Å². The summed E-state index contributed by atoms with van der Waals surface area (Å²) in [6.45, 7) is 0.751. The van der Waals surface area contributed by atoms with E-state index in [0.29, 0.717) is 34.1 Å². The number of alkyl halides is 3. The molecule has 5 rings (SSSR count). The molecule has 1 unspecified atom stereocenters. The van der Waals surface area contributed by atoms with E-state index in [-0.39, 0.29) is 69.6 Å². The zero-order valence-electron chi connectivity index (χ0n) is 21.5. The summed E-state index contributed by atoms with van der Waals surface area (Å²) in [7, 11) is -5.32. The number of rotatable bonds is 7. The molecule has 1 amide bonds. The highest BCUT2D eigenvalue weighted by atomic mass is 32.2. The third-order valence-electron chi connectivity index (χ3n) is 7.52. The third-order valence-corrected chi connectivity index (χ3v) is 9.15. The Morgan fingerprint density at radius 3 is 2.35 bits per heavy atom. The molecule has 9 nitrogen and oxygen atoms in total. The molecule has 0 aromatic heterocycles. The van der Waals surface area contributed by atoms with Crippen LogP contribution in [0.1, 0.15) is 46.3 Å².